The highest BCUT2D eigenvalue weighted by molar-refractivity contribution is 5.32. The zero-order valence-corrected chi connectivity index (χ0v) is 10.3. The van der Waals surface area contributed by atoms with Crippen LogP contribution in [0.1, 0.15) is 12.1 Å². The number of anilines is 1. The normalized spacial score (nSPS) is 20.2. The van der Waals surface area contributed by atoms with Crippen LogP contribution in [0.15, 0.2) is 12.3 Å². The molecule has 0 N–H and O–H groups in total. The van der Waals surface area contributed by atoms with Crippen LogP contribution in [-0.4, -0.2) is 48.6 Å². The Morgan fingerprint density at radius 3 is 3.12 bits per heavy atom. The van der Waals surface area contributed by atoms with E-state index in [0.717, 1.165) is 19.6 Å². The second-order valence-electron chi connectivity index (χ2n) is 4.65. The predicted octanol–water partition coefficient (Wildman–Crippen LogP) is 0.736. The molecule has 1 saturated heterocycles. The molecule has 1 aliphatic rings. The lowest BCUT2D eigenvalue weighted by atomic mass is 10.1. The topological polar surface area (TPSA) is 56.0 Å². The van der Waals surface area contributed by atoms with Crippen molar-refractivity contribution in [3.05, 3.63) is 18.0 Å². The molecule has 0 aromatic carbocycles. The fourth-order valence-corrected chi connectivity index (χ4v) is 2.24. The molecule has 5 nitrogen and oxygen atoms in total. The van der Waals surface area contributed by atoms with Crippen molar-refractivity contribution in [2.24, 2.45) is 5.92 Å². The van der Waals surface area contributed by atoms with Crippen molar-refractivity contribution in [2.45, 2.75) is 6.42 Å². The summed E-state index contributed by atoms with van der Waals surface area (Å²) in [7, 11) is 4.13. The second kappa shape index (κ2) is 5.11. The first-order chi connectivity index (χ1) is 8.19. The zero-order valence-electron chi connectivity index (χ0n) is 10.3. The standard InChI is InChI=1S/C12H17N5/c1-16-6-4-10(8-16)9-17(2)12-14-5-3-11(7-13)15-12/h3,5,10H,4,6,8-9H2,1-2H3. The van der Waals surface area contributed by atoms with E-state index in [1.54, 1.807) is 12.3 Å². The maximum absolute atomic E-state index is 8.80. The van der Waals surface area contributed by atoms with Crippen LogP contribution in [0.4, 0.5) is 5.95 Å². The number of nitrogens with zero attached hydrogens (tertiary/aromatic N) is 5. The van der Waals surface area contributed by atoms with Crippen molar-refractivity contribution < 1.29 is 0 Å². The molecule has 2 rings (SSSR count). The van der Waals surface area contributed by atoms with Gasteiger partial charge in [-0.2, -0.15) is 5.26 Å². The van der Waals surface area contributed by atoms with Crippen molar-refractivity contribution in [1.82, 2.24) is 14.9 Å². The molecule has 1 aliphatic heterocycles. The highest BCUT2D eigenvalue weighted by Gasteiger charge is 2.21. The largest absolute Gasteiger partial charge is 0.344 e. The molecule has 1 unspecified atom stereocenters. The lowest BCUT2D eigenvalue weighted by Gasteiger charge is -2.20. The van der Waals surface area contributed by atoms with Gasteiger partial charge in [-0.25, -0.2) is 9.97 Å². The Kier molecular flexibility index (Phi) is 3.55. The summed E-state index contributed by atoms with van der Waals surface area (Å²) < 4.78 is 0. The van der Waals surface area contributed by atoms with Crippen LogP contribution in [-0.2, 0) is 0 Å². The van der Waals surface area contributed by atoms with E-state index in [9.17, 15) is 0 Å². The third-order valence-electron chi connectivity index (χ3n) is 3.12. The van der Waals surface area contributed by atoms with E-state index in [2.05, 4.69) is 21.9 Å². The van der Waals surface area contributed by atoms with Gasteiger partial charge in [-0.1, -0.05) is 0 Å². The molecule has 0 amide bonds. The maximum Gasteiger partial charge on any atom is 0.226 e. The number of hydrogen-bond acceptors (Lipinski definition) is 5. The fraction of sp³-hybridized carbons (Fsp3) is 0.583. The molecule has 0 bridgehead atoms. The first kappa shape index (κ1) is 11.8. The molecule has 90 valence electrons. The van der Waals surface area contributed by atoms with E-state index in [-0.39, 0.29) is 0 Å². The van der Waals surface area contributed by atoms with Crippen molar-refractivity contribution in [1.29, 1.82) is 5.26 Å². The van der Waals surface area contributed by atoms with Gasteiger partial charge in [-0.3, -0.25) is 0 Å². The first-order valence-corrected chi connectivity index (χ1v) is 5.82. The molecule has 17 heavy (non-hydrogen) atoms. The summed E-state index contributed by atoms with van der Waals surface area (Å²) in [4.78, 5) is 12.8. The summed E-state index contributed by atoms with van der Waals surface area (Å²) in [5, 5.41) is 8.80. The first-order valence-electron chi connectivity index (χ1n) is 5.82. The minimum Gasteiger partial charge on any atom is -0.344 e. The van der Waals surface area contributed by atoms with Crippen LogP contribution in [0.5, 0.6) is 0 Å². The highest BCUT2D eigenvalue weighted by Crippen LogP contribution is 2.17. The Morgan fingerprint density at radius 2 is 2.47 bits per heavy atom. The summed E-state index contributed by atoms with van der Waals surface area (Å²) in [6.07, 6.45) is 2.86. The van der Waals surface area contributed by atoms with E-state index in [1.807, 2.05) is 18.0 Å². The van der Waals surface area contributed by atoms with Crippen LogP contribution in [0.25, 0.3) is 0 Å². The SMILES string of the molecule is CN1CCC(CN(C)c2nccc(C#N)n2)C1. The average Bonchev–Trinajstić information content (AvgIpc) is 2.75. The van der Waals surface area contributed by atoms with Gasteiger partial charge < -0.3 is 9.80 Å². The molecule has 0 spiro atoms. The summed E-state index contributed by atoms with van der Waals surface area (Å²) in [6, 6.07) is 3.66. The van der Waals surface area contributed by atoms with Crippen LogP contribution >= 0.6 is 0 Å². The van der Waals surface area contributed by atoms with Gasteiger partial charge in [-0.15, -0.1) is 0 Å². The van der Waals surface area contributed by atoms with Crippen LogP contribution in [0, 0.1) is 17.2 Å². The van der Waals surface area contributed by atoms with Crippen molar-refractivity contribution in [2.75, 3.05) is 38.6 Å². The van der Waals surface area contributed by atoms with Crippen LogP contribution < -0.4 is 4.90 Å². The Hall–Kier alpha value is -1.67. The molecule has 1 fully saturated rings. The van der Waals surface area contributed by atoms with E-state index in [1.165, 1.54) is 6.42 Å². The van der Waals surface area contributed by atoms with E-state index in [4.69, 9.17) is 5.26 Å². The molecule has 1 aromatic rings. The van der Waals surface area contributed by atoms with Gasteiger partial charge in [0.25, 0.3) is 0 Å². The van der Waals surface area contributed by atoms with Crippen LogP contribution in [0.3, 0.4) is 0 Å². The summed E-state index contributed by atoms with van der Waals surface area (Å²) in [6.45, 7) is 3.24. The van der Waals surface area contributed by atoms with E-state index in [0.29, 0.717) is 17.6 Å². The Balaban J connectivity index is 1.99. The number of nitriles is 1. The predicted molar refractivity (Wildman–Crippen MR) is 65.6 cm³/mol. The number of rotatable bonds is 3. The van der Waals surface area contributed by atoms with Gasteiger partial charge in [-0.05, 0) is 32.0 Å². The second-order valence-corrected chi connectivity index (χ2v) is 4.65. The molecule has 5 heteroatoms. The lowest BCUT2D eigenvalue weighted by molar-refractivity contribution is 0.395. The molecule has 0 saturated carbocycles. The molecular formula is C12H17N5. The molecule has 0 radical (unpaired) electrons. The molecule has 0 aliphatic carbocycles. The third kappa shape index (κ3) is 2.92. The van der Waals surface area contributed by atoms with Crippen molar-refractivity contribution >= 4 is 5.95 Å². The van der Waals surface area contributed by atoms with Gasteiger partial charge in [0.2, 0.25) is 5.95 Å². The minimum atomic E-state index is 0.422. The molecule has 2 heterocycles. The molecular weight excluding hydrogens is 214 g/mol. The molecule has 1 atom stereocenters. The Bertz CT molecular complexity index is 425. The lowest BCUT2D eigenvalue weighted by Crippen LogP contribution is -2.28. The van der Waals surface area contributed by atoms with Crippen molar-refractivity contribution in [3.63, 3.8) is 0 Å². The van der Waals surface area contributed by atoms with Crippen molar-refractivity contribution in [3.8, 4) is 6.07 Å². The Morgan fingerprint density at radius 1 is 1.65 bits per heavy atom. The van der Waals surface area contributed by atoms with Gasteiger partial charge in [0.05, 0.1) is 0 Å². The number of likely N-dealkylation sites (tertiary alicyclic amines) is 1. The summed E-state index contributed by atoms with van der Waals surface area (Å²) in [5.74, 6) is 1.30. The number of aromatic nitrogens is 2. The number of hydrogen-bond donors (Lipinski definition) is 0. The smallest absolute Gasteiger partial charge is 0.226 e. The maximum atomic E-state index is 8.80. The Labute approximate surface area is 102 Å². The zero-order chi connectivity index (χ0) is 12.3. The van der Waals surface area contributed by atoms with Gasteiger partial charge in [0.1, 0.15) is 11.8 Å². The van der Waals surface area contributed by atoms with Crippen LogP contribution in [0.2, 0.25) is 0 Å². The fourth-order valence-electron chi connectivity index (χ4n) is 2.24. The van der Waals surface area contributed by atoms with E-state index < -0.39 is 0 Å². The average molecular weight is 231 g/mol. The monoisotopic (exact) mass is 231 g/mol. The van der Waals surface area contributed by atoms with Gasteiger partial charge >= 0.3 is 0 Å². The van der Waals surface area contributed by atoms with Gasteiger partial charge in [0.15, 0.2) is 0 Å². The van der Waals surface area contributed by atoms with Gasteiger partial charge in [0, 0.05) is 26.3 Å². The van der Waals surface area contributed by atoms with E-state index >= 15 is 0 Å². The molecule has 1 aromatic heterocycles. The summed E-state index contributed by atoms with van der Waals surface area (Å²) in [5.41, 5.74) is 0.422. The minimum absolute atomic E-state index is 0.422. The quantitative estimate of drug-likeness (QED) is 0.768. The highest BCUT2D eigenvalue weighted by atomic mass is 15.2. The third-order valence-corrected chi connectivity index (χ3v) is 3.12. The summed E-state index contributed by atoms with van der Waals surface area (Å²) >= 11 is 0.